The second-order valence-electron chi connectivity index (χ2n) is 3.06. The monoisotopic (exact) mass is 298 g/mol. The molecule has 0 atom stereocenters. The van der Waals surface area contributed by atoms with Crippen LogP contribution in [-0.4, -0.2) is 5.78 Å². The first-order valence-corrected chi connectivity index (χ1v) is 5.16. The second-order valence-corrected chi connectivity index (χ2v) is 3.85. The van der Waals surface area contributed by atoms with E-state index in [1.54, 1.807) is 0 Å². The lowest BCUT2D eigenvalue weighted by atomic mass is 10.0. The molecule has 0 unspecified atom stereocenters. The second kappa shape index (κ2) is 4.53. The number of benzene rings is 1. The first-order valence-electron chi connectivity index (χ1n) is 4.37. The van der Waals surface area contributed by atoms with Crippen LogP contribution in [0.25, 0.3) is 0 Å². The molecule has 0 fully saturated rings. The van der Waals surface area contributed by atoms with Gasteiger partial charge in [0.2, 0.25) is 0 Å². The zero-order valence-electron chi connectivity index (χ0n) is 8.16. The number of halogens is 5. The fraction of sp³-hybridized carbons (Fsp3) is 0.300. The maximum atomic E-state index is 13.0. The van der Waals surface area contributed by atoms with Crippen LogP contribution in [-0.2, 0) is 6.18 Å². The summed E-state index contributed by atoms with van der Waals surface area (Å²) in [6.45, 7) is 1.52. The largest absolute Gasteiger partial charge is 0.420 e. The summed E-state index contributed by atoms with van der Waals surface area (Å²) in [6, 6.07) is 1.69. The predicted octanol–water partition coefficient (Wildman–Crippen LogP) is 4.20. The van der Waals surface area contributed by atoms with Crippen LogP contribution >= 0.6 is 15.9 Å². The summed E-state index contributed by atoms with van der Waals surface area (Å²) in [5.74, 6) is -1.87. The lowest BCUT2D eigenvalue weighted by Crippen LogP contribution is -2.12. The Kier molecular flexibility index (Phi) is 3.72. The first kappa shape index (κ1) is 13.2. The maximum absolute atomic E-state index is 13.0. The van der Waals surface area contributed by atoms with Crippen LogP contribution in [0, 0.1) is 5.82 Å². The van der Waals surface area contributed by atoms with Gasteiger partial charge in [0.05, 0.1) is 0 Å². The number of carbonyl (C=O) groups excluding carboxylic acids is 1. The highest BCUT2D eigenvalue weighted by molar-refractivity contribution is 9.10. The van der Waals surface area contributed by atoms with Crippen LogP contribution in [0.4, 0.5) is 17.6 Å². The minimum Gasteiger partial charge on any atom is -0.294 e. The van der Waals surface area contributed by atoms with E-state index in [4.69, 9.17) is 0 Å². The van der Waals surface area contributed by atoms with E-state index in [2.05, 4.69) is 15.9 Å². The SMILES string of the molecule is CCC(=O)c1ccc(F)c(C(F)(F)F)c1Br. The number of rotatable bonds is 2. The normalized spacial score (nSPS) is 11.6. The number of ketones is 1. The topological polar surface area (TPSA) is 17.1 Å². The van der Waals surface area contributed by atoms with E-state index in [-0.39, 0.29) is 12.0 Å². The van der Waals surface area contributed by atoms with Gasteiger partial charge in [-0.15, -0.1) is 0 Å². The molecule has 0 aliphatic heterocycles. The summed E-state index contributed by atoms with van der Waals surface area (Å²) in [5.41, 5.74) is -1.59. The van der Waals surface area contributed by atoms with Crippen LogP contribution < -0.4 is 0 Å². The Bertz CT molecular complexity index is 426. The van der Waals surface area contributed by atoms with Crippen LogP contribution in [0.5, 0.6) is 0 Å². The third kappa shape index (κ3) is 2.42. The molecule has 0 aliphatic rings. The standard InChI is InChI=1S/C10H7BrF4O/c1-2-7(16)5-3-4-6(12)8(9(5)11)10(13,14)15/h3-4H,2H2,1H3. The predicted molar refractivity (Wildman–Crippen MR) is 53.7 cm³/mol. The van der Waals surface area contributed by atoms with Crippen LogP contribution in [0.3, 0.4) is 0 Å². The molecule has 0 heterocycles. The minimum atomic E-state index is -4.83. The summed E-state index contributed by atoms with van der Waals surface area (Å²) in [7, 11) is 0. The molecule has 1 aromatic rings. The third-order valence-corrected chi connectivity index (χ3v) is 2.82. The van der Waals surface area contributed by atoms with Gasteiger partial charge in [-0.3, -0.25) is 4.79 Å². The minimum absolute atomic E-state index is 0.0571. The maximum Gasteiger partial charge on any atom is 0.420 e. The Morgan fingerprint density at radius 3 is 2.38 bits per heavy atom. The molecule has 1 rings (SSSR count). The van der Waals surface area contributed by atoms with Crippen molar-refractivity contribution in [2.75, 3.05) is 0 Å². The Labute approximate surface area is 97.6 Å². The summed E-state index contributed by atoms with van der Waals surface area (Å²) >= 11 is 2.63. The van der Waals surface area contributed by atoms with Crippen molar-refractivity contribution >= 4 is 21.7 Å². The van der Waals surface area contributed by atoms with Gasteiger partial charge in [-0.1, -0.05) is 6.92 Å². The zero-order chi connectivity index (χ0) is 12.5. The van der Waals surface area contributed by atoms with E-state index in [1.807, 2.05) is 0 Å². The Hall–Kier alpha value is -0.910. The van der Waals surface area contributed by atoms with Gasteiger partial charge in [0.15, 0.2) is 5.78 Å². The van der Waals surface area contributed by atoms with Crippen molar-refractivity contribution in [3.05, 3.63) is 33.5 Å². The average molecular weight is 299 g/mol. The van der Waals surface area contributed by atoms with Gasteiger partial charge >= 0.3 is 6.18 Å². The van der Waals surface area contributed by atoms with Crippen molar-refractivity contribution in [2.24, 2.45) is 0 Å². The molecule has 0 radical (unpaired) electrons. The van der Waals surface area contributed by atoms with Crippen molar-refractivity contribution < 1.29 is 22.4 Å². The Morgan fingerprint density at radius 1 is 1.38 bits per heavy atom. The Morgan fingerprint density at radius 2 is 1.94 bits per heavy atom. The number of Topliss-reactive ketones (excluding diaryl/α,β-unsaturated/α-hetero) is 1. The molecule has 1 nitrogen and oxygen atoms in total. The smallest absolute Gasteiger partial charge is 0.294 e. The molecule has 1 aromatic carbocycles. The van der Waals surface area contributed by atoms with E-state index in [0.29, 0.717) is 6.07 Å². The molecule has 0 spiro atoms. The number of alkyl halides is 3. The molecule has 0 bridgehead atoms. The van der Waals surface area contributed by atoms with Crippen molar-refractivity contribution in [3.8, 4) is 0 Å². The molecule has 0 N–H and O–H groups in total. The summed E-state index contributed by atoms with van der Waals surface area (Å²) in [6.07, 6.45) is -4.77. The van der Waals surface area contributed by atoms with Crippen molar-refractivity contribution in [3.63, 3.8) is 0 Å². The highest BCUT2D eigenvalue weighted by Gasteiger charge is 2.37. The van der Waals surface area contributed by atoms with E-state index < -0.39 is 27.8 Å². The quantitative estimate of drug-likeness (QED) is 0.591. The highest BCUT2D eigenvalue weighted by Crippen LogP contribution is 2.38. The van der Waals surface area contributed by atoms with Crippen LogP contribution in [0.1, 0.15) is 29.3 Å². The molecule has 0 amide bonds. The first-order chi connectivity index (χ1) is 7.29. The fourth-order valence-corrected chi connectivity index (χ4v) is 1.99. The molecule has 0 aliphatic carbocycles. The lowest BCUT2D eigenvalue weighted by molar-refractivity contribution is -0.140. The summed E-state index contributed by atoms with van der Waals surface area (Å²) in [4.78, 5) is 11.3. The van der Waals surface area contributed by atoms with Gasteiger partial charge in [0.1, 0.15) is 11.4 Å². The van der Waals surface area contributed by atoms with Gasteiger partial charge in [0, 0.05) is 16.5 Å². The van der Waals surface area contributed by atoms with Crippen LogP contribution in [0.15, 0.2) is 16.6 Å². The van der Waals surface area contributed by atoms with E-state index >= 15 is 0 Å². The molecular formula is C10H7BrF4O. The summed E-state index contributed by atoms with van der Waals surface area (Å²) < 4.78 is 49.9. The van der Waals surface area contributed by atoms with Gasteiger partial charge in [0.25, 0.3) is 0 Å². The number of hydrogen-bond donors (Lipinski definition) is 0. The molecular weight excluding hydrogens is 292 g/mol. The molecule has 6 heteroatoms. The van der Waals surface area contributed by atoms with E-state index in [1.165, 1.54) is 6.92 Å². The summed E-state index contributed by atoms with van der Waals surface area (Å²) in [5, 5.41) is 0. The number of carbonyl (C=O) groups is 1. The van der Waals surface area contributed by atoms with Gasteiger partial charge < -0.3 is 0 Å². The average Bonchev–Trinajstić information content (AvgIpc) is 2.14. The fourth-order valence-electron chi connectivity index (χ4n) is 1.22. The van der Waals surface area contributed by atoms with Crippen LogP contribution in [0.2, 0.25) is 0 Å². The highest BCUT2D eigenvalue weighted by atomic mass is 79.9. The van der Waals surface area contributed by atoms with Gasteiger partial charge in [-0.05, 0) is 28.1 Å². The molecule has 0 saturated heterocycles. The molecule has 0 saturated carbocycles. The molecule has 16 heavy (non-hydrogen) atoms. The number of hydrogen-bond acceptors (Lipinski definition) is 1. The van der Waals surface area contributed by atoms with E-state index in [0.717, 1.165) is 6.07 Å². The van der Waals surface area contributed by atoms with Crippen molar-refractivity contribution in [2.45, 2.75) is 19.5 Å². The lowest BCUT2D eigenvalue weighted by Gasteiger charge is -2.12. The van der Waals surface area contributed by atoms with Crippen molar-refractivity contribution in [1.29, 1.82) is 0 Å². The zero-order valence-corrected chi connectivity index (χ0v) is 9.75. The Balaban J connectivity index is 3.45. The van der Waals surface area contributed by atoms with Crippen molar-refractivity contribution in [1.82, 2.24) is 0 Å². The molecule has 0 aromatic heterocycles. The third-order valence-electron chi connectivity index (χ3n) is 2.00. The van der Waals surface area contributed by atoms with E-state index in [9.17, 15) is 22.4 Å². The van der Waals surface area contributed by atoms with Gasteiger partial charge in [-0.25, -0.2) is 4.39 Å². The van der Waals surface area contributed by atoms with Gasteiger partial charge in [-0.2, -0.15) is 13.2 Å². The molecule has 88 valence electrons.